The van der Waals surface area contributed by atoms with Gasteiger partial charge in [0.2, 0.25) is 0 Å². The molecule has 0 aliphatic rings. The van der Waals surface area contributed by atoms with Crippen LogP contribution in [0.2, 0.25) is 0 Å². The van der Waals surface area contributed by atoms with Crippen molar-refractivity contribution in [2.24, 2.45) is 0 Å². The molecule has 3 heteroatoms. The Balaban J connectivity index is 2.16. The molecule has 0 amide bonds. The summed E-state index contributed by atoms with van der Waals surface area (Å²) < 4.78 is 7.83. The molecule has 0 radical (unpaired) electrons. The Bertz CT molecular complexity index is 478. The number of hydrogen-bond acceptors (Lipinski definition) is 2. The number of aromatic nitrogens is 1. The first-order valence-electron chi connectivity index (χ1n) is 6.05. The van der Waals surface area contributed by atoms with Gasteiger partial charge >= 0.3 is 0 Å². The van der Waals surface area contributed by atoms with E-state index in [1.165, 1.54) is 23.1 Å². The lowest BCUT2D eigenvalue weighted by molar-refractivity contribution is 0.340. The van der Waals surface area contributed by atoms with Gasteiger partial charge in [0, 0.05) is 23.6 Å². The smallest absolute Gasteiger partial charge is 0.120 e. The Morgan fingerprint density at radius 2 is 2.18 bits per heavy atom. The predicted octanol–water partition coefficient (Wildman–Crippen LogP) is 3.79. The molecule has 2 aromatic rings. The molecule has 0 spiro atoms. The molecule has 0 saturated heterocycles. The van der Waals surface area contributed by atoms with Crippen LogP contribution in [-0.2, 0) is 6.54 Å². The zero-order valence-corrected chi connectivity index (χ0v) is 11.3. The quantitative estimate of drug-likeness (QED) is 0.723. The summed E-state index contributed by atoms with van der Waals surface area (Å²) in [5, 5.41) is 1.26. The summed E-state index contributed by atoms with van der Waals surface area (Å²) in [7, 11) is 0. The molecule has 1 heterocycles. The second-order valence-corrected chi connectivity index (χ2v) is 4.99. The minimum Gasteiger partial charge on any atom is -0.494 e. The van der Waals surface area contributed by atoms with Gasteiger partial charge in [0.1, 0.15) is 5.75 Å². The van der Waals surface area contributed by atoms with E-state index in [0.29, 0.717) is 0 Å². The molecule has 0 atom stereocenters. The molecule has 0 aliphatic heterocycles. The lowest BCUT2D eigenvalue weighted by Gasteiger charge is -2.06. The van der Waals surface area contributed by atoms with Crippen molar-refractivity contribution in [1.82, 2.24) is 4.57 Å². The maximum Gasteiger partial charge on any atom is 0.120 e. The number of rotatable bonds is 6. The molecule has 0 fully saturated rings. The summed E-state index contributed by atoms with van der Waals surface area (Å²) in [4.78, 5) is 0. The van der Waals surface area contributed by atoms with Crippen LogP contribution in [-0.4, -0.2) is 23.2 Å². The van der Waals surface area contributed by atoms with E-state index < -0.39 is 0 Å². The number of hydrogen-bond donors (Lipinski definition) is 0. The van der Waals surface area contributed by atoms with Gasteiger partial charge < -0.3 is 9.30 Å². The standard InChI is InChI=1S/C14H19NOS/c1-3-16-13-5-6-14-12(11-13)7-9-15(14)8-4-10-17-2/h5-7,9,11H,3-4,8,10H2,1-2H3. The molecule has 92 valence electrons. The molecule has 2 rings (SSSR count). The average Bonchev–Trinajstić information content (AvgIpc) is 2.73. The number of benzene rings is 1. The number of ether oxygens (including phenoxy) is 1. The second kappa shape index (κ2) is 6.01. The molecule has 0 bridgehead atoms. The van der Waals surface area contributed by atoms with Crippen LogP contribution < -0.4 is 4.74 Å². The second-order valence-electron chi connectivity index (χ2n) is 4.01. The molecule has 1 aromatic heterocycles. The van der Waals surface area contributed by atoms with Crippen LogP contribution >= 0.6 is 11.8 Å². The van der Waals surface area contributed by atoms with E-state index in [0.717, 1.165) is 18.9 Å². The molecule has 1 aromatic carbocycles. The van der Waals surface area contributed by atoms with Crippen molar-refractivity contribution in [2.75, 3.05) is 18.6 Å². The lowest BCUT2D eigenvalue weighted by Crippen LogP contribution is -1.97. The number of thioether (sulfide) groups is 1. The molecule has 0 aliphatic carbocycles. The average molecular weight is 249 g/mol. The van der Waals surface area contributed by atoms with Gasteiger partial charge in [-0.2, -0.15) is 11.8 Å². The number of nitrogens with zero attached hydrogens (tertiary/aromatic N) is 1. The third kappa shape index (κ3) is 2.97. The zero-order chi connectivity index (χ0) is 12.1. The zero-order valence-electron chi connectivity index (χ0n) is 10.5. The fourth-order valence-electron chi connectivity index (χ4n) is 2.01. The largest absolute Gasteiger partial charge is 0.494 e. The normalized spacial score (nSPS) is 10.9. The first-order chi connectivity index (χ1) is 8.35. The number of fused-ring (bicyclic) bond motifs is 1. The van der Waals surface area contributed by atoms with E-state index in [2.05, 4.69) is 41.3 Å². The van der Waals surface area contributed by atoms with Crippen molar-refractivity contribution in [2.45, 2.75) is 19.9 Å². The highest BCUT2D eigenvalue weighted by Gasteiger charge is 2.02. The van der Waals surface area contributed by atoms with E-state index in [-0.39, 0.29) is 0 Å². The molecular weight excluding hydrogens is 230 g/mol. The highest BCUT2D eigenvalue weighted by atomic mass is 32.2. The summed E-state index contributed by atoms with van der Waals surface area (Å²) in [5.74, 6) is 2.18. The Hall–Kier alpha value is -1.09. The van der Waals surface area contributed by atoms with E-state index in [9.17, 15) is 0 Å². The summed E-state index contributed by atoms with van der Waals surface area (Å²) in [6, 6.07) is 8.48. The van der Waals surface area contributed by atoms with E-state index in [1.54, 1.807) is 0 Å². The van der Waals surface area contributed by atoms with Crippen molar-refractivity contribution >= 4 is 22.7 Å². The lowest BCUT2D eigenvalue weighted by atomic mass is 10.2. The minimum atomic E-state index is 0.722. The molecule has 17 heavy (non-hydrogen) atoms. The van der Waals surface area contributed by atoms with Gasteiger partial charge in [0.05, 0.1) is 6.61 Å². The Morgan fingerprint density at radius 1 is 1.29 bits per heavy atom. The topological polar surface area (TPSA) is 14.2 Å². The molecule has 2 nitrogen and oxygen atoms in total. The van der Waals surface area contributed by atoms with Crippen LogP contribution in [0, 0.1) is 0 Å². The van der Waals surface area contributed by atoms with E-state index in [1.807, 2.05) is 18.7 Å². The van der Waals surface area contributed by atoms with Crippen molar-refractivity contribution in [3.05, 3.63) is 30.5 Å². The SMILES string of the molecule is CCOc1ccc2c(ccn2CCCSC)c1. The summed E-state index contributed by atoms with van der Waals surface area (Å²) in [6.07, 6.45) is 5.54. The Morgan fingerprint density at radius 3 is 2.94 bits per heavy atom. The maximum atomic E-state index is 5.51. The van der Waals surface area contributed by atoms with Crippen LogP contribution in [0.4, 0.5) is 0 Å². The predicted molar refractivity (Wildman–Crippen MR) is 76.1 cm³/mol. The maximum absolute atomic E-state index is 5.51. The molecule has 0 unspecified atom stereocenters. The highest BCUT2D eigenvalue weighted by molar-refractivity contribution is 7.98. The van der Waals surface area contributed by atoms with Crippen LogP contribution in [0.25, 0.3) is 10.9 Å². The fourth-order valence-corrected chi connectivity index (χ4v) is 2.43. The van der Waals surface area contributed by atoms with E-state index >= 15 is 0 Å². The molecular formula is C14H19NOS. The first-order valence-corrected chi connectivity index (χ1v) is 7.45. The molecule has 0 N–H and O–H groups in total. The van der Waals surface area contributed by atoms with Gasteiger partial charge in [-0.3, -0.25) is 0 Å². The van der Waals surface area contributed by atoms with Crippen LogP contribution in [0.1, 0.15) is 13.3 Å². The Labute approximate surface area is 107 Å². The summed E-state index contributed by atoms with van der Waals surface area (Å²) in [5.41, 5.74) is 1.30. The Kier molecular flexibility index (Phi) is 4.37. The van der Waals surface area contributed by atoms with Crippen molar-refractivity contribution in [3.8, 4) is 5.75 Å². The van der Waals surface area contributed by atoms with Gasteiger partial charge in [0.25, 0.3) is 0 Å². The highest BCUT2D eigenvalue weighted by Crippen LogP contribution is 2.22. The van der Waals surface area contributed by atoms with Gasteiger partial charge in [-0.1, -0.05) is 0 Å². The van der Waals surface area contributed by atoms with Gasteiger partial charge in [-0.15, -0.1) is 0 Å². The van der Waals surface area contributed by atoms with Crippen LogP contribution in [0.15, 0.2) is 30.5 Å². The van der Waals surface area contributed by atoms with Crippen LogP contribution in [0.3, 0.4) is 0 Å². The van der Waals surface area contributed by atoms with Gasteiger partial charge in [0.15, 0.2) is 0 Å². The van der Waals surface area contributed by atoms with Gasteiger partial charge in [-0.05, 0) is 49.6 Å². The summed E-state index contributed by atoms with van der Waals surface area (Å²) in [6.45, 7) is 3.83. The van der Waals surface area contributed by atoms with E-state index in [4.69, 9.17) is 4.74 Å². The van der Waals surface area contributed by atoms with Crippen molar-refractivity contribution < 1.29 is 4.74 Å². The van der Waals surface area contributed by atoms with Crippen molar-refractivity contribution in [1.29, 1.82) is 0 Å². The fraction of sp³-hybridized carbons (Fsp3) is 0.429. The first kappa shape index (κ1) is 12.4. The minimum absolute atomic E-state index is 0.722. The number of aryl methyl sites for hydroxylation is 1. The molecule has 0 saturated carbocycles. The van der Waals surface area contributed by atoms with Crippen LogP contribution in [0.5, 0.6) is 5.75 Å². The summed E-state index contributed by atoms with van der Waals surface area (Å²) >= 11 is 1.90. The monoisotopic (exact) mass is 249 g/mol. The third-order valence-corrected chi connectivity index (χ3v) is 3.50. The third-order valence-electron chi connectivity index (χ3n) is 2.80. The van der Waals surface area contributed by atoms with Gasteiger partial charge in [-0.25, -0.2) is 0 Å². The van der Waals surface area contributed by atoms with Crippen molar-refractivity contribution in [3.63, 3.8) is 0 Å².